The summed E-state index contributed by atoms with van der Waals surface area (Å²) in [7, 11) is 0. The molecule has 0 spiro atoms. The summed E-state index contributed by atoms with van der Waals surface area (Å²) in [4.78, 5) is 0. The summed E-state index contributed by atoms with van der Waals surface area (Å²) < 4.78 is 0. The zero-order valence-electron chi connectivity index (χ0n) is 6.66. The van der Waals surface area contributed by atoms with Crippen LogP contribution in [-0.4, -0.2) is 10.2 Å². The molecule has 0 atom stereocenters. The van der Waals surface area contributed by atoms with E-state index < -0.39 is 0 Å². The van der Waals surface area contributed by atoms with Gasteiger partial charge in [0.05, 0.1) is 5.69 Å². The number of hydrogen-bond acceptors (Lipinski definition) is 2. The van der Waals surface area contributed by atoms with Crippen molar-refractivity contribution in [1.29, 1.82) is 0 Å². The lowest BCUT2D eigenvalue weighted by Gasteiger charge is -2.07. The van der Waals surface area contributed by atoms with Crippen LogP contribution < -0.4 is 11.1 Å². The Kier molecular flexibility index (Phi) is 2.50. The predicted molar refractivity (Wildman–Crippen MR) is 53.3 cm³/mol. The van der Waals surface area contributed by atoms with Crippen molar-refractivity contribution in [2.45, 2.75) is 6.92 Å². The van der Waals surface area contributed by atoms with Gasteiger partial charge < -0.3 is 16.2 Å². The Morgan fingerprint density at radius 3 is 2.83 bits per heavy atom. The lowest BCUT2D eigenvalue weighted by atomic mass is 10.2. The maximum atomic E-state index is 9.47. The number of phenolic OH excluding ortho intramolecular Hbond substituents is 1. The highest BCUT2D eigenvalue weighted by molar-refractivity contribution is 7.80. The standard InChI is InChI=1S/C8H10N2OS/c1-5-3-2-4-6(7(5)11)10-8(9)12/h2-4,11H,1H3,(H3,9,10,12). The summed E-state index contributed by atoms with van der Waals surface area (Å²) in [6.45, 7) is 1.81. The zero-order valence-corrected chi connectivity index (χ0v) is 7.48. The number of aromatic hydroxyl groups is 1. The van der Waals surface area contributed by atoms with E-state index in [9.17, 15) is 5.11 Å². The third kappa shape index (κ3) is 1.85. The third-order valence-electron chi connectivity index (χ3n) is 1.50. The van der Waals surface area contributed by atoms with Crippen molar-refractivity contribution in [1.82, 2.24) is 0 Å². The fraction of sp³-hybridized carbons (Fsp3) is 0.125. The van der Waals surface area contributed by atoms with Gasteiger partial charge in [-0.25, -0.2) is 0 Å². The SMILES string of the molecule is Cc1cccc(NC(N)=S)c1O. The number of rotatable bonds is 1. The van der Waals surface area contributed by atoms with Crippen LogP contribution in [0.4, 0.5) is 5.69 Å². The Bertz CT molecular complexity index is 312. The molecule has 0 aliphatic heterocycles. The summed E-state index contributed by atoms with van der Waals surface area (Å²) in [5, 5.41) is 12.3. The molecule has 0 fully saturated rings. The number of nitrogens with two attached hydrogens (primary N) is 1. The average Bonchev–Trinajstić information content (AvgIpc) is 1.98. The third-order valence-corrected chi connectivity index (χ3v) is 1.60. The number of phenols is 1. The Hall–Kier alpha value is -1.29. The minimum Gasteiger partial charge on any atom is -0.505 e. The number of nitrogens with one attached hydrogen (secondary N) is 1. The summed E-state index contributed by atoms with van der Waals surface area (Å²) in [6.07, 6.45) is 0. The van der Waals surface area contributed by atoms with Gasteiger partial charge >= 0.3 is 0 Å². The first kappa shape index (κ1) is 8.80. The van der Waals surface area contributed by atoms with Crippen LogP contribution in [0.15, 0.2) is 18.2 Å². The second-order valence-electron chi connectivity index (χ2n) is 2.46. The van der Waals surface area contributed by atoms with Gasteiger partial charge in [-0.3, -0.25) is 0 Å². The molecule has 1 aromatic carbocycles. The highest BCUT2D eigenvalue weighted by atomic mass is 32.1. The molecule has 0 aliphatic rings. The highest BCUT2D eigenvalue weighted by Crippen LogP contribution is 2.25. The number of hydrogen-bond donors (Lipinski definition) is 3. The topological polar surface area (TPSA) is 58.3 Å². The van der Waals surface area contributed by atoms with Crippen molar-refractivity contribution >= 4 is 23.0 Å². The van der Waals surface area contributed by atoms with Gasteiger partial charge in [0.1, 0.15) is 5.75 Å². The Morgan fingerprint density at radius 1 is 1.58 bits per heavy atom. The van der Waals surface area contributed by atoms with Crippen LogP contribution in [-0.2, 0) is 0 Å². The molecule has 3 nitrogen and oxygen atoms in total. The lowest BCUT2D eigenvalue weighted by molar-refractivity contribution is 0.473. The summed E-state index contributed by atoms with van der Waals surface area (Å²) >= 11 is 4.64. The van der Waals surface area contributed by atoms with E-state index in [1.165, 1.54) is 0 Å². The molecule has 0 aliphatic carbocycles. The van der Waals surface area contributed by atoms with Crippen molar-refractivity contribution in [2.24, 2.45) is 5.73 Å². The average molecular weight is 182 g/mol. The molecule has 0 aromatic heterocycles. The van der Waals surface area contributed by atoms with Crippen molar-refractivity contribution < 1.29 is 5.11 Å². The monoisotopic (exact) mass is 182 g/mol. The highest BCUT2D eigenvalue weighted by Gasteiger charge is 2.02. The zero-order chi connectivity index (χ0) is 9.14. The fourth-order valence-electron chi connectivity index (χ4n) is 0.893. The molecule has 1 aromatic rings. The lowest BCUT2D eigenvalue weighted by Crippen LogP contribution is -2.18. The van der Waals surface area contributed by atoms with Crippen LogP contribution in [0.25, 0.3) is 0 Å². The molecule has 1 rings (SSSR count). The Balaban J connectivity index is 3.00. The fourth-order valence-corrected chi connectivity index (χ4v) is 1.00. The van der Waals surface area contributed by atoms with E-state index in [0.29, 0.717) is 5.69 Å². The van der Waals surface area contributed by atoms with Gasteiger partial charge in [-0.1, -0.05) is 12.1 Å². The van der Waals surface area contributed by atoms with Crippen molar-refractivity contribution in [3.05, 3.63) is 23.8 Å². The summed E-state index contributed by atoms with van der Waals surface area (Å²) in [5.41, 5.74) is 6.58. The van der Waals surface area contributed by atoms with Crippen LogP contribution in [0.3, 0.4) is 0 Å². The van der Waals surface area contributed by atoms with Crippen LogP contribution in [0.2, 0.25) is 0 Å². The van der Waals surface area contributed by atoms with Gasteiger partial charge in [0.2, 0.25) is 0 Å². The molecule has 4 heteroatoms. The maximum absolute atomic E-state index is 9.47. The second kappa shape index (κ2) is 3.40. The minimum absolute atomic E-state index is 0.149. The molecule has 0 unspecified atom stereocenters. The molecule has 4 N–H and O–H groups in total. The minimum atomic E-state index is 0.149. The van der Waals surface area contributed by atoms with Crippen LogP contribution >= 0.6 is 12.2 Å². The van der Waals surface area contributed by atoms with Gasteiger partial charge in [-0.05, 0) is 30.8 Å². The van der Waals surface area contributed by atoms with Crippen molar-refractivity contribution in [3.63, 3.8) is 0 Å². The molecule has 12 heavy (non-hydrogen) atoms. The maximum Gasteiger partial charge on any atom is 0.168 e. The van der Waals surface area contributed by atoms with Crippen molar-refractivity contribution in [2.75, 3.05) is 5.32 Å². The smallest absolute Gasteiger partial charge is 0.168 e. The molecular weight excluding hydrogens is 172 g/mol. The Labute approximate surface area is 76.2 Å². The summed E-state index contributed by atoms with van der Waals surface area (Å²) in [5.74, 6) is 0.185. The number of aryl methyl sites for hydroxylation is 1. The predicted octanol–water partition coefficient (Wildman–Crippen LogP) is 1.36. The van der Waals surface area contributed by atoms with Crippen molar-refractivity contribution in [3.8, 4) is 5.75 Å². The van der Waals surface area contributed by atoms with E-state index in [1.807, 2.05) is 6.07 Å². The van der Waals surface area contributed by atoms with Gasteiger partial charge in [-0.15, -0.1) is 0 Å². The first-order valence-electron chi connectivity index (χ1n) is 3.46. The molecule has 0 heterocycles. The van der Waals surface area contributed by atoms with E-state index in [2.05, 4.69) is 17.5 Å². The largest absolute Gasteiger partial charge is 0.505 e. The first-order chi connectivity index (χ1) is 5.61. The number of anilines is 1. The molecule has 64 valence electrons. The first-order valence-corrected chi connectivity index (χ1v) is 3.87. The quantitative estimate of drug-likeness (QED) is 0.453. The molecular formula is C8H10N2OS. The Morgan fingerprint density at radius 2 is 2.25 bits per heavy atom. The number of thiocarbonyl (C=S) groups is 1. The molecule has 0 saturated carbocycles. The summed E-state index contributed by atoms with van der Waals surface area (Å²) in [6, 6.07) is 5.33. The van der Waals surface area contributed by atoms with E-state index >= 15 is 0 Å². The van der Waals surface area contributed by atoms with Crippen LogP contribution in [0.5, 0.6) is 5.75 Å². The van der Waals surface area contributed by atoms with E-state index in [1.54, 1.807) is 19.1 Å². The van der Waals surface area contributed by atoms with E-state index in [0.717, 1.165) is 5.56 Å². The molecule has 0 amide bonds. The molecule has 0 saturated heterocycles. The molecule has 0 bridgehead atoms. The van der Waals surface area contributed by atoms with Gasteiger partial charge in [0.25, 0.3) is 0 Å². The number of para-hydroxylation sites is 1. The normalized spacial score (nSPS) is 9.42. The number of benzene rings is 1. The molecule has 0 radical (unpaired) electrons. The van der Waals surface area contributed by atoms with Crippen LogP contribution in [0, 0.1) is 6.92 Å². The van der Waals surface area contributed by atoms with Gasteiger partial charge in [0, 0.05) is 0 Å². The van der Waals surface area contributed by atoms with Gasteiger partial charge in [-0.2, -0.15) is 0 Å². The van der Waals surface area contributed by atoms with Gasteiger partial charge in [0.15, 0.2) is 5.11 Å². The van der Waals surface area contributed by atoms with Crippen LogP contribution in [0.1, 0.15) is 5.56 Å². The second-order valence-corrected chi connectivity index (χ2v) is 2.90. The van der Waals surface area contributed by atoms with E-state index in [4.69, 9.17) is 5.73 Å². The van der Waals surface area contributed by atoms with E-state index in [-0.39, 0.29) is 10.9 Å².